The number of rotatable bonds is 5. The summed E-state index contributed by atoms with van der Waals surface area (Å²) in [6.07, 6.45) is 6.20. The molecule has 3 aromatic rings. The van der Waals surface area contributed by atoms with Crippen LogP contribution in [-0.2, 0) is 6.42 Å². The zero-order valence-corrected chi connectivity index (χ0v) is 19.6. The van der Waals surface area contributed by atoms with E-state index in [4.69, 9.17) is 21.3 Å². The third-order valence-electron chi connectivity index (χ3n) is 5.62. The van der Waals surface area contributed by atoms with Gasteiger partial charge in [0, 0.05) is 28.7 Å². The fourth-order valence-corrected chi connectivity index (χ4v) is 4.29. The number of hydrogen-bond donors (Lipinski definition) is 1. The Kier molecular flexibility index (Phi) is 6.12. The molecule has 32 heavy (non-hydrogen) atoms. The lowest BCUT2D eigenvalue weighted by molar-refractivity contribution is 0.0939. The number of benzene rings is 1. The van der Waals surface area contributed by atoms with Crippen molar-refractivity contribution < 1.29 is 13.9 Å². The molecule has 8 heteroatoms. The number of aryl methyl sites for hydroxylation is 1. The van der Waals surface area contributed by atoms with Crippen LogP contribution in [0.1, 0.15) is 73.6 Å². The van der Waals surface area contributed by atoms with E-state index >= 15 is 0 Å². The maximum Gasteiger partial charge on any atom is 0.256 e. The van der Waals surface area contributed by atoms with Crippen molar-refractivity contribution in [2.75, 3.05) is 0 Å². The summed E-state index contributed by atoms with van der Waals surface area (Å²) in [5.41, 5.74) is 2.60. The molecule has 1 aliphatic rings. The summed E-state index contributed by atoms with van der Waals surface area (Å²) in [7, 11) is 0. The van der Waals surface area contributed by atoms with Gasteiger partial charge in [0.2, 0.25) is 5.88 Å². The molecule has 1 aromatic carbocycles. The van der Waals surface area contributed by atoms with Crippen molar-refractivity contribution in [2.45, 2.75) is 71.4 Å². The molecule has 4 rings (SSSR count). The van der Waals surface area contributed by atoms with Gasteiger partial charge in [0.15, 0.2) is 5.65 Å². The summed E-state index contributed by atoms with van der Waals surface area (Å²) in [4.78, 5) is 17.6. The number of aromatic nitrogens is 3. The smallest absolute Gasteiger partial charge is 0.256 e. The van der Waals surface area contributed by atoms with Crippen molar-refractivity contribution in [3.63, 3.8) is 0 Å². The second kappa shape index (κ2) is 8.70. The lowest BCUT2D eigenvalue weighted by atomic mass is 10.0. The first-order valence-corrected chi connectivity index (χ1v) is 11.3. The van der Waals surface area contributed by atoms with E-state index in [9.17, 15) is 9.18 Å². The molecule has 1 aliphatic carbocycles. The maximum absolute atomic E-state index is 13.5. The van der Waals surface area contributed by atoms with Gasteiger partial charge in [-0.1, -0.05) is 30.5 Å². The van der Waals surface area contributed by atoms with Crippen LogP contribution in [0.4, 0.5) is 4.39 Å². The summed E-state index contributed by atoms with van der Waals surface area (Å²) in [6.45, 7) is 7.70. The Balaban J connectivity index is 1.78. The lowest BCUT2D eigenvalue weighted by Crippen LogP contribution is -2.32. The Hall–Kier alpha value is -2.67. The van der Waals surface area contributed by atoms with Crippen LogP contribution in [0.15, 0.2) is 24.4 Å². The van der Waals surface area contributed by atoms with Gasteiger partial charge in [-0.2, -0.15) is 9.61 Å². The van der Waals surface area contributed by atoms with Gasteiger partial charge in [0.25, 0.3) is 5.91 Å². The molecule has 0 bridgehead atoms. The lowest BCUT2D eigenvalue weighted by Gasteiger charge is -2.24. The van der Waals surface area contributed by atoms with Crippen LogP contribution >= 0.6 is 11.6 Å². The molecule has 1 fully saturated rings. The molecule has 1 N–H and O–H groups in total. The minimum Gasteiger partial charge on any atom is -0.472 e. The number of fused-ring (bicyclic) bond motifs is 1. The Bertz CT molecular complexity index is 1160. The summed E-state index contributed by atoms with van der Waals surface area (Å²) in [6, 6.07) is 4.53. The fraction of sp³-hybridized carbons (Fsp3) is 0.458. The third kappa shape index (κ3) is 4.72. The van der Waals surface area contributed by atoms with Crippen LogP contribution in [-0.4, -0.2) is 32.1 Å². The van der Waals surface area contributed by atoms with Gasteiger partial charge in [0.1, 0.15) is 17.0 Å². The zero-order chi connectivity index (χ0) is 23.0. The molecule has 0 radical (unpaired) electrons. The summed E-state index contributed by atoms with van der Waals surface area (Å²) in [5.74, 6) is -0.0599. The number of nitrogens with one attached hydrogen (secondary N) is 1. The van der Waals surface area contributed by atoms with E-state index in [1.807, 2.05) is 27.7 Å². The minimum absolute atomic E-state index is 0.171. The quantitative estimate of drug-likeness (QED) is 0.565. The molecule has 1 saturated carbocycles. The minimum atomic E-state index is -0.514. The topological polar surface area (TPSA) is 68.5 Å². The van der Waals surface area contributed by atoms with Crippen molar-refractivity contribution in [3.8, 4) is 5.88 Å². The third-order valence-corrected chi connectivity index (χ3v) is 5.98. The van der Waals surface area contributed by atoms with Crippen LogP contribution in [0.2, 0.25) is 5.02 Å². The molecule has 0 spiro atoms. The Labute approximate surface area is 192 Å². The Morgan fingerprint density at radius 1 is 1.31 bits per heavy atom. The highest BCUT2D eigenvalue weighted by Crippen LogP contribution is 2.31. The highest BCUT2D eigenvalue weighted by molar-refractivity contribution is 6.31. The molecule has 0 unspecified atom stereocenters. The van der Waals surface area contributed by atoms with E-state index < -0.39 is 5.60 Å². The number of hydrogen-bond acceptors (Lipinski definition) is 4. The Morgan fingerprint density at radius 2 is 2.03 bits per heavy atom. The van der Waals surface area contributed by atoms with Crippen LogP contribution in [0.3, 0.4) is 0 Å². The van der Waals surface area contributed by atoms with Crippen molar-refractivity contribution in [2.24, 2.45) is 0 Å². The molecule has 1 amide bonds. The Morgan fingerprint density at radius 3 is 2.69 bits per heavy atom. The van der Waals surface area contributed by atoms with Crippen LogP contribution in [0, 0.1) is 12.7 Å². The average Bonchev–Trinajstić information content (AvgIpc) is 3.34. The second-order valence-corrected chi connectivity index (χ2v) is 9.76. The maximum atomic E-state index is 13.5. The number of halogens is 2. The van der Waals surface area contributed by atoms with Gasteiger partial charge in [-0.15, -0.1) is 0 Å². The van der Waals surface area contributed by atoms with Gasteiger partial charge >= 0.3 is 0 Å². The number of carbonyl (C=O) groups is 1. The predicted molar refractivity (Wildman–Crippen MR) is 122 cm³/mol. The fourth-order valence-electron chi connectivity index (χ4n) is 4.05. The summed E-state index contributed by atoms with van der Waals surface area (Å²) in [5, 5.41) is 7.89. The van der Waals surface area contributed by atoms with Crippen LogP contribution in [0.5, 0.6) is 5.88 Å². The molecule has 0 atom stereocenters. The van der Waals surface area contributed by atoms with Gasteiger partial charge < -0.3 is 10.1 Å². The van der Waals surface area contributed by atoms with E-state index in [1.165, 1.54) is 18.3 Å². The van der Waals surface area contributed by atoms with Crippen LogP contribution < -0.4 is 10.1 Å². The van der Waals surface area contributed by atoms with Crippen LogP contribution in [0.25, 0.3) is 5.65 Å². The van der Waals surface area contributed by atoms with Gasteiger partial charge in [-0.05, 0) is 58.2 Å². The summed E-state index contributed by atoms with van der Waals surface area (Å²) < 4.78 is 21.4. The van der Waals surface area contributed by atoms with Crippen molar-refractivity contribution >= 4 is 23.2 Å². The van der Waals surface area contributed by atoms with Crippen molar-refractivity contribution in [3.05, 3.63) is 57.6 Å². The largest absolute Gasteiger partial charge is 0.472 e. The second-order valence-electron chi connectivity index (χ2n) is 9.36. The first kappa shape index (κ1) is 22.5. The molecular formula is C24H28ClFN4O2. The van der Waals surface area contributed by atoms with Crippen molar-refractivity contribution in [1.29, 1.82) is 0 Å². The molecule has 6 nitrogen and oxygen atoms in total. The molecule has 2 heterocycles. The standard InChI is InChI=1S/C24H28ClFN4O2/c1-14-18(11-15-9-10-16(26)12-20(15)25)23(32-24(2,3)4)30-21(28-14)19(13-27-30)22(31)29-17-7-5-6-8-17/h9-10,12-13,17H,5-8,11H2,1-4H3,(H,29,31). The number of nitrogens with zero attached hydrogens (tertiary/aromatic N) is 3. The molecular weight excluding hydrogens is 431 g/mol. The zero-order valence-electron chi connectivity index (χ0n) is 18.8. The number of amides is 1. The van der Waals surface area contributed by atoms with E-state index in [2.05, 4.69) is 10.4 Å². The van der Waals surface area contributed by atoms with E-state index in [0.717, 1.165) is 36.8 Å². The predicted octanol–water partition coefficient (Wildman–Crippen LogP) is 5.27. The van der Waals surface area contributed by atoms with E-state index in [0.29, 0.717) is 34.2 Å². The summed E-state index contributed by atoms with van der Waals surface area (Å²) >= 11 is 6.29. The van der Waals surface area contributed by atoms with Gasteiger partial charge in [0.05, 0.1) is 6.20 Å². The first-order chi connectivity index (χ1) is 15.1. The number of ether oxygens (including phenoxy) is 1. The molecule has 2 aromatic heterocycles. The SMILES string of the molecule is Cc1nc2c(C(=O)NC3CCCC3)cnn2c(OC(C)(C)C)c1Cc1ccc(F)cc1Cl. The first-order valence-electron chi connectivity index (χ1n) is 10.9. The highest BCUT2D eigenvalue weighted by atomic mass is 35.5. The monoisotopic (exact) mass is 458 g/mol. The molecule has 0 saturated heterocycles. The van der Waals surface area contributed by atoms with Gasteiger partial charge in [-0.3, -0.25) is 4.79 Å². The molecule has 0 aliphatic heterocycles. The van der Waals surface area contributed by atoms with Crippen molar-refractivity contribution in [1.82, 2.24) is 19.9 Å². The van der Waals surface area contributed by atoms with E-state index in [-0.39, 0.29) is 17.8 Å². The highest BCUT2D eigenvalue weighted by Gasteiger charge is 2.26. The normalized spacial score (nSPS) is 14.8. The average molecular weight is 459 g/mol. The molecule has 170 valence electrons. The van der Waals surface area contributed by atoms with E-state index in [1.54, 1.807) is 10.6 Å². The number of carbonyl (C=O) groups excluding carboxylic acids is 1. The van der Waals surface area contributed by atoms with Gasteiger partial charge in [-0.25, -0.2) is 9.37 Å².